The number of hydrogen-bond acceptors (Lipinski definition) is 7. The Morgan fingerprint density at radius 2 is 1.80 bits per heavy atom. The number of thiazole rings is 1. The zero-order valence-electron chi connectivity index (χ0n) is 24.4. The lowest BCUT2D eigenvalue weighted by Crippen LogP contribution is -2.40. The molecule has 0 aliphatic carbocycles. The van der Waals surface area contributed by atoms with Gasteiger partial charge in [-0.05, 0) is 85.6 Å². The highest BCUT2D eigenvalue weighted by Crippen LogP contribution is 2.37. The van der Waals surface area contributed by atoms with Gasteiger partial charge in [-0.15, -0.1) is 0 Å². The minimum Gasteiger partial charge on any atom is -0.491 e. The molecule has 0 bridgehead atoms. The van der Waals surface area contributed by atoms with Crippen molar-refractivity contribution in [2.24, 2.45) is 4.99 Å². The summed E-state index contributed by atoms with van der Waals surface area (Å²) in [5, 5.41) is 0. The van der Waals surface area contributed by atoms with Gasteiger partial charge in [-0.2, -0.15) is 0 Å². The van der Waals surface area contributed by atoms with E-state index in [9.17, 15) is 9.59 Å². The number of hydrogen-bond donors (Lipinski definition) is 0. The number of carbonyl (C=O) groups excluding carboxylic acids is 1. The third-order valence-electron chi connectivity index (χ3n) is 6.71. The van der Waals surface area contributed by atoms with Crippen LogP contribution >= 0.6 is 59.1 Å². The van der Waals surface area contributed by atoms with E-state index in [-0.39, 0.29) is 18.3 Å². The summed E-state index contributed by atoms with van der Waals surface area (Å²) in [6.07, 6.45) is 1.68. The van der Waals surface area contributed by atoms with Crippen molar-refractivity contribution in [1.29, 1.82) is 0 Å². The molecule has 228 valence electrons. The monoisotopic (exact) mass is 802 g/mol. The first-order valence-corrected chi connectivity index (χ1v) is 17.1. The molecule has 0 spiro atoms. The summed E-state index contributed by atoms with van der Waals surface area (Å²) in [5.41, 5.74) is 2.88. The first-order chi connectivity index (χ1) is 21.1. The molecule has 11 heteroatoms. The summed E-state index contributed by atoms with van der Waals surface area (Å²) >= 11 is 11.9. The first kappa shape index (κ1) is 32.4. The van der Waals surface area contributed by atoms with Crippen molar-refractivity contribution in [3.8, 4) is 11.5 Å². The molecular weight excluding hydrogens is 776 g/mol. The molecule has 3 aromatic carbocycles. The molecule has 7 nitrogen and oxygen atoms in total. The Morgan fingerprint density at radius 1 is 1.07 bits per heavy atom. The molecule has 4 aromatic rings. The fourth-order valence-electron chi connectivity index (χ4n) is 4.87. The lowest BCUT2D eigenvalue weighted by Gasteiger charge is -2.26. The molecule has 0 unspecified atom stereocenters. The van der Waals surface area contributed by atoms with Gasteiger partial charge in [0.2, 0.25) is 0 Å². The number of ether oxygens (including phenoxy) is 3. The quantitative estimate of drug-likeness (QED) is 0.164. The molecule has 5 rings (SSSR count). The van der Waals surface area contributed by atoms with E-state index >= 15 is 0 Å². The number of rotatable bonds is 9. The summed E-state index contributed by atoms with van der Waals surface area (Å²) < 4.78 is 22.4. The van der Waals surface area contributed by atoms with Crippen LogP contribution in [0, 0.1) is 0 Å². The van der Waals surface area contributed by atoms with Crippen molar-refractivity contribution >= 4 is 71.2 Å². The van der Waals surface area contributed by atoms with Gasteiger partial charge in [0.25, 0.3) is 5.56 Å². The van der Waals surface area contributed by atoms with E-state index in [0.717, 1.165) is 19.0 Å². The number of halogens is 3. The van der Waals surface area contributed by atoms with Crippen molar-refractivity contribution in [2.45, 2.75) is 46.4 Å². The minimum atomic E-state index is -0.787. The number of allylic oxidation sites excluding steroid dienone is 1. The number of carbonyl (C=O) groups is 1. The van der Waals surface area contributed by atoms with Crippen molar-refractivity contribution in [3.05, 3.63) is 122 Å². The van der Waals surface area contributed by atoms with Gasteiger partial charge in [0.1, 0.15) is 24.1 Å². The third-order valence-corrected chi connectivity index (χ3v) is 9.27. The van der Waals surface area contributed by atoms with E-state index in [4.69, 9.17) is 19.2 Å². The molecule has 44 heavy (non-hydrogen) atoms. The minimum absolute atomic E-state index is 0.117. The molecule has 1 atom stereocenters. The Bertz CT molecular complexity index is 1930. The Balaban J connectivity index is 1.67. The summed E-state index contributed by atoms with van der Waals surface area (Å²) in [6, 6.07) is 18.4. The molecule has 0 N–H and O–H groups in total. The van der Waals surface area contributed by atoms with Gasteiger partial charge < -0.3 is 14.2 Å². The Labute approximate surface area is 284 Å². The van der Waals surface area contributed by atoms with Crippen LogP contribution < -0.4 is 24.4 Å². The average Bonchev–Trinajstić information content (AvgIpc) is 3.26. The van der Waals surface area contributed by atoms with Crippen LogP contribution in [0.15, 0.2) is 95.1 Å². The summed E-state index contributed by atoms with van der Waals surface area (Å²) in [4.78, 5) is 32.8. The fourth-order valence-corrected chi connectivity index (χ4v) is 7.55. The van der Waals surface area contributed by atoms with Gasteiger partial charge in [-0.1, -0.05) is 73.5 Å². The molecule has 1 aliphatic rings. The normalized spacial score (nSPS) is 14.8. The van der Waals surface area contributed by atoms with Gasteiger partial charge in [-0.25, -0.2) is 9.79 Å². The largest absolute Gasteiger partial charge is 0.491 e. The van der Waals surface area contributed by atoms with Crippen LogP contribution in [0.3, 0.4) is 0 Å². The molecular formula is C33H29Br3N2O5S. The van der Waals surface area contributed by atoms with E-state index in [2.05, 4.69) is 47.8 Å². The van der Waals surface area contributed by atoms with Crippen molar-refractivity contribution < 1.29 is 19.0 Å². The van der Waals surface area contributed by atoms with Crippen molar-refractivity contribution in [1.82, 2.24) is 4.57 Å². The Morgan fingerprint density at radius 3 is 2.50 bits per heavy atom. The maximum atomic E-state index is 14.3. The average molecular weight is 805 g/mol. The van der Waals surface area contributed by atoms with E-state index < -0.39 is 12.0 Å². The highest BCUT2D eigenvalue weighted by molar-refractivity contribution is 9.11. The smallest absolute Gasteiger partial charge is 0.338 e. The van der Waals surface area contributed by atoms with Crippen LogP contribution in [0.25, 0.3) is 6.08 Å². The predicted octanol–water partition coefficient (Wildman–Crippen LogP) is 7.45. The lowest BCUT2D eigenvalue weighted by molar-refractivity contribution is -0.139. The summed E-state index contributed by atoms with van der Waals surface area (Å²) in [6.45, 7) is 7.91. The molecule has 0 saturated heterocycles. The fraction of sp³-hybridized carbons (Fsp3) is 0.242. The second kappa shape index (κ2) is 14.0. The van der Waals surface area contributed by atoms with Gasteiger partial charge in [0.05, 0.1) is 33.0 Å². The van der Waals surface area contributed by atoms with Crippen molar-refractivity contribution in [2.75, 3.05) is 6.61 Å². The van der Waals surface area contributed by atoms with E-state index in [1.54, 1.807) is 24.5 Å². The number of para-hydroxylation sites is 1. The van der Waals surface area contributed by atoms with E-state index in [0.29, 0.717) is 49.8 Å². The van der Waals surface area contributed by atoms with Crippen molar-refractivity contribution in [3.63, 3.8) is 0 Å². The second-order valence-electron chi connectivity index (χ2n) is 10.2. The van der Waals surface area contributed by atoms with Crippen LogP contribution in [0.2, 0.25) is 0 Å². The van der Waals surface area contributed by atoms with E-state index in [1.807, 2.05) is 74.5 Å². The number of fused-ring (bicyclic) bond motifs is 1. The first-order valence-electron chi connectivity index (χ1n) is 13.9. The Kier molecular flexibility index (Phi) is 10.3. The molecule has 2 heterocycles. The molecule has 0 amide bonds. The predicted molar refractivity (Wildman–Crippen MR) is 183 cm³/mol. The maximum Gasteiger partial charge on any atom is 0.338 e. The van der Waals surface area contributed by atoms with Crippen LogP contribution in [-0.2, 0) is 16.1 Å². The number of esters is 1. The zero-order valence-corrected chi connectivity index (χ0v) is 30.0. The van der Waals surface area contributed by atoms with Gasteiger partial charge in [-0.3, -0.25) is 9.36 Å². The van der Waals surface area contributed by atoms with Crippen LogP contribution in [0.4, 0.5) is 0 Å². The number of aromatic nitrogens is 1. The Hall–Kier alpha value is -2.99. The van der Waals surface area contributed by atoms with Crippen LogP contribution in [0.5, 0.6) is 11.5 Å². The van der Waals surface area contributed by atoms with Gasteiger partial charge in [0, 0.05) is 20.1 Å². The van der Waals surface area contributed by atoms with Crippen LogP contribution in [0.1, 0.15) is 50.4 Å². The molecule has 1 aliphatic heterocycles. The molecule has 0 saturated carbocycles. The standard InChI is InChI=1S/C33H29Br3N2O5S/c1-5-41-32(40)28-19(4)37-33-38(29(28)24-8-6-7-9-26(24)43-18(2)3)31(39)27(44-33)15-21-14-23(35)16-25(36)30(21)42-17-20-10-12-22(34)13-11-20/h6-16,18,29H,5,17H2,1-4H3/b27-15-/t29-/m1/s1. The number of nitrogens with zero attached hydrogens (tertiary/aromatic N) is 2. The van der Waals surface area contributed by atoms with E-state index in [1.165, 1.54) is 11.3 Å². The SMILES string of the molecule is CCOC(=O)C1=C(C)N=c2s/c(=C\c3cc(Br)cc(Br)c3OCc3ccc(Br)cc3)c(=O)n2[C@@H]1c1ccccc1OC(C)C. The topological polar surface area (TPSA) is 79.1 Å². The zero-order chi connectivity index (χ0) is 31.5. The molecule has 1 aromatic heterocycles. The highest BCUT2D eigenvalue weighted by atomic mass is 79.9. The summed E-state index contributed by atoms with van der Waals surface area (Å²) in [7, 11) is 0. The summed E-state index contributed by atoms with van der Waals surface area (Å²) in [5.74, 6) is 0.655. The highest BCUT2D eigenvalue weighted by Gasteiger charge is 2.35. The maximum absolute atomic E-state index is 14.3. The molecule has 0 fully saturated rings. The van der Waals surface area contributed by atoms with Crippen LogP contribution in [-0.4, -0.2) is 23.2 Å². The lowest BCUT2D eigenvalue weighted by atomic mass is 9.95. The molecule has 0 radical (unpaired) electrons. The number of benzene rings is 3. The van der Waals surface area contributed by atoms with Gasteiger partial charge in [0.15, 0.2) is 4.80 Å². The third kappa shape index (κ3) is 6.96. The van der Waals surface area contributed by atoms with Gasteiger partial charge >= 0.3 is 5.97 Å². The second-order valence-corrected chi connectivity index (χ2v) is 13.9.